The van der Waals surface area contributed by atoms with E-state index in [-0.39, 0.29) is 5.54 Å². The second-order valence-corrected chi connectivity index (χ2v) is 8.55. The molecule has 1 aliphatic heterocycles. The average molecular weight is 402 g/mol. The van der Waals surface area contributed by atoms with Crippen LogP contribution in [0, 0.1) is 0 Å². The predicted molar refractivity (Wildman–Crippen MR) is 118 cm³/mol. The number of nitrogens with zero attached hydrogens (tertiary/aromatic N) is 2. The number of rotatable bonds is 6. The molecule has 0 bridgehead atoms. The van der Waals surface area contributed by atoms with E-state index in [4.69, 9.17) is 9.72 Å². The Bertz CT molecular complexity index is 1090. The number of hydrogen-bond donors (Lipinski definition) is 1. The fourth-order valence-electron chi connectivity index (χ4n) is 4.00. The summed E-state index contributed by atoms with van der Waals surface area (Å²) in [6.45, 7) is 1.57. The predicted octanol–water partition coefficient (Wildman–Crippen LogP) is 4.94. The van der Waals surface area contributed by atoms with Gasteiger partial charge in [-0.15, -0.1) is 11.3 Å². The zero-order chi connectivity index (χ0) is 19.5. The van der Waals surface area contributed by atoms with Gasteiger partial charge < -0.3 is 10.1 Å². The number of fused-ring (bicyclic) bond motifs is 1. The van der Waals surface area contributed by atoms with Crippen LogP contribution in [0.15, 0.2) is 72.4 Å². The third-order valence-corrected chi connectivity index (χ3v) is 6.38. The van der Waals surface area contributed by atoms with Crippen LogP contribution in [0.1, 0.15) is 29.0 Å². The molecule has 4 aromatic rings. The van der Waals surface area contributed by atoms with Crippen molar-refractivity contribution in [2.24, 2.45) is 0 Å². The molecule has 0 spiro atoms. The molecule has 1 N–H and O–H groups in total. The molecule has 2 aromatic carbocycles. The first kappa shape index (κ1) is 18.3. The lowest BCUT2D eigenvalue weighted by Gasteiger charge is -2.29. The SMILES string of the molecule is c1ccc2nc([C@@]3(COc4ccc(Cc5cncs5)cc4)CCCN3)ccc2c1. The van der Waals surface area contributed by atoms with Crippen molar-refractivity contribution in [1.82, 2.24) is 15.3 Å². The maximum Gasteiger partial charge on any atom is 0.119 e. The molecule has 146 valence electrons. The van der Waals surface area contributed by atoms with Crippen LogP contribution in [0.2, 0.25) is 0 Å². The van der Waals surface area contributed by atoms with Gasteiger partial charge in [-0.05, 0) is 49.2 Å². The molecule has 4 nitrogen and oxygen atoms in total. The van der Waals surface area contributed by atoms with Crippen LogP contribution in [-0.4, -0.2) is 23.1 Å². The highest BCUT2D eigenvalue weighted by Crippen LogP contribution is 2.32. The lowest BCUT2D eigenvalue weighted by molar-refractivity contribution is 0.195. The highest BCUT2D eigenvalue weighted by atomic mass is 32.1. The van der Waals surface area contributed by atoms with E-state index in [1.54, 1.807) is 11.3 Å². The molecule has 2 aromatic heterocycles. The van der Waals surface area contributed by atoms with Crippen LogP contribution >= 0.6 is 11.3 Å². The second kappa shape index (κ2) is 7.93. The van der Waals surface area contributed by atoms with Crippen LogP contribution in [-0.2, 0) is 12.0 Å². The molecule has 0 radical (unpaired) electrons. The van der Waals surface area contributed by atoms with Crippen molar-refractivity contribution >= 4 is 22.2 Å². The summed E-state index contributed by atoms with van der Waals surface area (Å²) in [7, 11) is 0. The Balaban J connectivity index is 1.32. The fraction of sp³-hybridized carbons (Fsp3) is 0.250. The number of nitrogens with one attached hydrogen (secondary N) is 1. The van der Waals surface area contributed by atoms with Gasteiger partial charge in [0.15, 0.2) is 0 Å². The Morgan fingerprint density at radius 3 is 2.72 bits per heavy atom. The van der Waals surface area contributed by atoms with Crippen LogP contribution in [0.4, 0.5) is 0 Å². The molecule has 0 amide bonds. The number of para-hydroxylation sites is 1. The van der Waals surface area contributed by atoms with E-state index in [1.807, 2.05) is 17.8 Å². The Hall–Kier alpha value is -2.76. The van der Waals surface area contributed by atoms with Gasteiger partial charge in [-0.25, -0.2) is 0 Å². The highest BCUT2D eigenvalue weighted by Gasteiger charge is 2.37. The summed E-state index contributed by atoms with van der Waals surface area (Å²) >= 11 is 1.69. The monoisotopic (exact) mass is 401 g/mol. The van der Waals surface area contributed by atoms with Gasteiger partial charge in [-0.1, -0.05) is 36.4 Å². The minimum Gasteiger partial charge on any atom is -0.491 e. The molecule has 3 heterocycles. The summed E-state index contributed by atoms with van der Waals surface area (Å²) in [5.41, 5.74) is 5.01. The summed E-state index contributed by atoms with van der Waals surface area (Å²) < 4.78 is 6.24. The van der Waals surface area contributed by atoms with Gasteiger partial charge in [-0.3, -0.25) is 9.97 Å². The largest absolute Gasteiger partial charge is 0.491 e. The number of pyridine rings is 1. The molecule has 5 heteroatoms. The van der Waals surface area contributed by atoms with Gasteiger partial charge in [-0.2, -0.15) is 0 Å². The smallest absolute Gasteiger partial charge is 0.119 e. The van der Waals surface area contributed by atoms with Gasteiger partial charge in [0.1, 0.15) is 12.4 Å². The summed E-state index contributed by atoms with van der Waals surface area (Å²) in [5, 5.41) is 4.84. The first-order valence-electron chi connectivity index (χ1n) is 10.0. The molecule has 0 unspecified atom stereocenters. The van der Waals surface area contributed by atoms with Gasteiger partial charge in [0.25, 0.3) is 0 Å². The maximum absolute atomic E-state index is 6.24. The Labute approximate surface area is 174 Å². The van der Waals surface area contributed by atoms with Crippen molar-refractivity contribution in [2.75, 3.05) is 13.2 Å². The fourth-order valence-corrected chi connectivity index (χ4v) is 4.62. The number of aromatic nitrogens is 2. The first-order valence-corrected chi connectivity index (χ1v) is 10.9. The van der Waals surface area contributed by atoms with Crippen molar-refractivity contribution in [3.63, 3.8) is 0 Å². The van der Waals surface area contributed by atoms with E-state index < -0.39 is 0 Å². The van der Waals surface area contributed by atoms with Crippen molar-refractivity contribution in [3.05, 3.63) is 88.5 Å². The molecule has 5 rings (SSSR count). The quantitative estimate of drug-likeness (QED) is 0.497. The highest BCUT2D eigenvalue weighted by molar-refractivity contribution is 7.09. The summed E-state index contributed by atoms with van der Waals surface area (Å²) in [4.78, 5) is 10.4. The number of benzene rings is 2. The second-order valence-electron chi connectivity index (χ2n) is 7.58. The topological polar surface area (TPSA) is 47.0 Å². The average Bonchev–Trinajstić information content (AvgIpc) is 3.46. The molecule has 1 aliphatic rings. The Morgan fingerprint density at radius 2 is 1.93 bits per heavy atom. The Kier molecular flexibility index (Phi) is 5.00. The van der Waals surface area contributed by atoms with Crippen LogP contribution in [0.5, 0.6) is 5.75 Å². The van der Waals surface area contributed by atoms with E-state index >= 15 is 0 Å². The minimum atomic E-state index is -0.231. The summed E-state index contributed by atoms with van der Waals surface area (Å²) in [6, 6.07) is 21.0. The summed E-state index contributed by atoms with van der Waals surface area (Å²) in [6.07, 6.45) is 5.01. The van der Waals surface area contributed by atoms with Crippen LogP contribution in [0.3, 0.4) is 0 Å². The van der Waals surface area contributed by atoms with Crippen molar-refractivity contribution in [3.8, 4) is 5.75 Å². The van der Waals surface area contributed by atoms with Gasteiger partial charge in [0.2, 0.25) is 0 Å². The summed E-state index contributed by atoms with van der Waals surface area (Å²) in [5.74, 6) is 0.895. The molecule has 29 heavy (non-hydrogen) atoms. The van der Waals surface area contributed by atoms with Crippen molar-refractivity contribution in [2.45, 2.75) is 24.8 Å². The maximum atomic E-state index is 6.24. The third-order valence-electron chi connectivity index (χ3n) is 5.60. The zero-order valence-corrected chi connectivity index (χ0v) is 17.0. The third kappa shape index (κ3) is 3.88. The van der Waals surface area contributed by atoms with Crippen molar-refractivity contribution < 1.29 is 4.74 Å². The van der Waals surface area contributed by atoms with E-state index in [9.17, 15) is 0 Å². The van der Waals surface area contributed by atoms with Crippen molar-refractivity contribution in [1.29, 1.82) is 0 Å². The number of thiazole rings is 1. The minimum absolute atomic E-state index is 0.231. The van der Waals surface area contributed by atoms with E-state index in [0.717, 1.165) is 42.8 Å². The molecular weight excluding hydrogens is 378 g/mol. The molecule has 1 saturated heterocycles. The number of ether oxygens (including phenoxy) is 1. The lowest BCUT2D eigenvalue weighted by Crippen LogP contribution is -2.43. The van der Waals surface area contributed by atoms with Crippen LogP contribution < -0.4 is 10.1 Å². The van der Waals surface area contributed by atoms with Gasteiger partial charge >= 0.3 is 0 Å². The Morgan fingerprint density at radius 1 is 1.03 bits per heavy atom. The zero-order valence-electron chi connectivity index (χ0n) is 16.2. The molecular formula is C24H23N3OS. The molecule has 1 atom stereocenters. The molecule has 1 fully saturated rings. The molecule has 0 saturated carbocycles. The lowest BCUT2D eigenvalue weighted by atomic mass is 9.93. The molecule has 0 aliphatic carbocycles. The van der Waals surface area contributed by atoms with Gasteiger partial charge in [0.05, 0.1) is 22.3 Å². The number of hydrogen-bond acceptors (Lipinski definition) is 5. The van der Waals surface area contributed by atoms with Gasteiger partial charge in [0, 0.05) is 22.9 Å². The van der Waals surface area contributed by atoms with Crippen LogP contribution in [0.25, 0.3) is 10.9 Å². The first-order chi connectivity index (χ1) is 14.3. The standard InChI is InChI=1S/C24H23N3OS/c1-2-5-22-19(4-1)8-11-23(27-22)24(12-3-13-26-24)16-28-20-9-6-18(7-10-20)14-21-15-25-17-29-21/h1-2,4-11,15,17,26H,3,12-14,16H2/t24-/m0/s1. The normalized spacial score (nSPS) is 18.9. The van der Waals surface area contributed by atoms with E-state index in [0.29, 0.717) is 6.61 Å². The van der Waals surface area contributed by atoms with E-state index in [2.05, 4.69) is 64.9 Å². The van der Waals surface area contributed by atoms with E-state index in [1.165, 1.54) is 15.8 Å².